The van der Waals surface area contributed by atoms with Gasteiger partial charge in [0.1, 0.15) is 6.04 Å². The fraction of sp³-hybridized carbons (Fsp3) is 0.348. The summed E-state index contributed by atoms with van der Waals surface area (Å²) in [5, 5.41) is 9.77. The van der Waals surface area contributed by atoms with Gasteiger partial charge in [-0.3, -0.25) is 9.78 Å². The maximum absolute atomic E-state index is 13.5. The second-order valence-corrected chi connectivity index (χ2v) is 9.30. The molecule has 3 heterocycles. The van der Waals surface area contributed by atoms with Crippen LogP contribution in [0.15, 0.2) is 59.6 Å². The number of nitrogens with one attached hydrogen (secondary N) is 2. The van der Waals surface area contributed by atoms with Gasteiger partial charge in [0.05, 0.1) is 13.1 Å². The van der Waals surface area contributed by atoms with Gasteiger partial charge < -0.3 is 15.5 Å². The van der Waals surface area contributed by atoms with Crippen LogP contribution < -0.4 is 10.6 Å². The van der Waals surface area contributed by atoms with Crippen molar-refractivity contribution in [2.75, 3.05) is 0 Å². The van der Waals surface area contributed by atoms with Crippen LogP contribution >= 0.6 is 22.7 Å². The Morgan fingerprint density at radius 3 is 2.32 bits per heavy atom. The molecule has 3 aromatic heterocycles. The number of thiophene rings is 2. The monoisotopic (exact) mass is 456 g/mol. The summed E-state index contributed by atoms with van der Waals surface area (Å²) in [7, 11) is 0. The van der Waals surface area contributed by atoms with Crippen molar-refractivity contribution in [2.24, 2.45) is 0 Å². The summed E-state index contributed by atoms with van der Waals surface area (Å²) in [6, 6.07) is 10.9. The highest BCUT2D eigenvalue weighted by Crippen LogP contribution is 2.19. The average molecular weight is 457 g/mol. The van der Waals surface area contributed by atoms with Gasteiger partial charge in [-0.25, -0.2) is 4.79 Å². The van der Waals surface area contributed by atoms with Crippen LogP contribution in [0.2, 0.25) is 0 Å². The lowest BCUT2D eigenvalue weighted by atomic mass is 10.1. The molecule has 0 saturated heterocycles. The van der Waals surface area contributed by atoms with Crippen molar-refractivity contribution < 1.29 is 9.59 Å². The second-order valence-electron chi connectivity index (χ2n) is 7.24. The minimum absolute atomic E-state index is 0.0493. The molecule has 31 heavy (non-hydrogen) atoms. The summed E-state index contributed by atoms with van der Waals surface area (Å²) in [4.78, 5) is 34.2. The number of carbonyl (C=O) groups excluding carboxylic acids is 2. The van der Waals surface area contributed by atoms with Crippen molar-refractivity contribution in [1.82, 2.24) is 20.5 Å². The molecule has 0 fully saturated rings. The number of hydrogen-bond acceptors (Lipinski definition) is 5. The van der Waals surface area contributed by atoms with Crippen LogP contribution in [0.3, 0.4) is 0 Å². The van der Waals surface area contributed by atoms with E-state index in [0.717, 1.165) is 28.2 Å². The topological polar surface area (TPSA) is 74.3 Å². The largest absolute Gasteiger partial charge is 0.334 e. The summed E-state index contributed by atoms with van der Waals surface area (Å²) < 4.78 is 0. The molecule has 0 bridgehead atoms. The summed E-state index contributed by atoms with van der Waals surface area (Å²) >= 11 is 3.27. The van der Waals surface area contributed by atoms with Crippen LogP contribution in [0.25, 0.3) is 0 Å². The molecule has 0 radical (unpaired) electrons. The minimum Gasteiger partial charge on any atom is -0.334 e. The molecule has 0 aromatic carbocycles. The summed E-state index contributed by atoms with van der Waals surface area (Å²) in [6.07, 6.45) is 5.84. The van der Waals surface area contributed by atoms with Crippen LogP contribution in [0, 0.1) is 0 Å². The molecule has 3 aromatic rings. The maximum atomic E-state index is 13.5. The fourth-order valence-corrected chi connectivity index (χ4v) is 4.61. The summed E-state index contributed by atoms with van der Waals surface area (Å²) in [5.41, 5.74) is 0.908. The van der Waals surface area contributed by atoms with Crippen molar-refractivity contribution in [1.29, 1.82) is 0 Å². The molecule has 0 aliphatic heterocycles. The number of urea groups is 1. The van der Waals surface area contributed by atoms with Crippen LogP contribution in [-0.2, 0) is 24.4 Å². The molecule has 3 amide bonds. The Labute approximate surface area is 191 Å². The van der Waals surface area contributed by atoms with E-state index in [2.05, 4.69) is 22.5 Å². The summed E-state index contributed by atoms with van der Waals surface area (Å²) in [6.45, 7) is 3.52. The first kappa shape index (κ1) is 23.0. The Hall–Kier alpha value is -2.71. The van der Waals surface area contributed by atoms with E-state index >= 15 is 0 Å². The maximum Gasteiger partial charge on any atom is 0.315 e. The van der Waals surface area contributed by atoms with E-state index in [1.54, 1.807) is 35.1 Å². The van der Waals surface area contributed by atoms with Crippen molar-refractivity contribution in [3.05, 3.63) is 74.9 Å². The molecule has 1 atom stereocenters. The van der Waals surface area contributed by atoms with E-state index in [4.69, 9.17) is 0 Å². The Morgan fingerprint density at radius 2 is 1.77 bits per heavy atom. The molecule has 0 saturated carbocycles. The number of aromatic nitrogens is 1. The third kappa shape index (κ3) is 7.48. The lowest BCUT2D eigenvalue weighted by Gasteiger charge is -2.27. The zero-order chi connectivity index (χ0) is 21.9. The predicted octanol–water partition coefficient (Wildman–Crippen LogP) is 4.79. The van der Waals surface area contributed by atoms with Crippen molar-refractivity contribution in [3.63, 3.8) is 0 Å². The number of pyridine rings is 1. The van der Waals surface area contributed by atoms with E-state index < -0.39 is 6.04 Å². The molecule has 1 unspecified atom stereocenters. The first-order valence-corrected chi connectivity index (χ1v) is 12.2. The predicted molar refractivity (Wildman–Crippen MR) is 126 cm³/mol. The van der Waals surface area contributed by atoms with Crippen LogP contribution in [0.4, 0.5) is 4.79 Å². The van der Waals surface area contributed by atoms with Gasteiger partial charge in [-0.1, -0.05) is 38.0 Å². The van der Waals surface area contributed by atoms with E-state index in [0.29, 0.717) is 26.1 Å². The SMILES string of the molecule is CCCCC(NC(=O)NCc1cccnc1)C(=O)N(Cc1cccs1)Cc1cccs1. The molecule has 0 aliphatic rings. The van der Waals surface area contributed by atoms with Gasteiger partial charge in [0.15, 0.2) is 0 Å². The zero-order valence-corrected chi connectivity index (χ0v) is 19.3. The first-order chi connectivity index (χ1) is 15.2. The highest BCUT2D eigenvalue weighted by Gasteiger charge is 2.26. The number of unbranched alkanes of at least 4 members (excludes halogenated alkanes) is 1. The van der Waals surface area contributed by atoms with Gasteiger partial charge in [-0.15, -0.1) is 22.7 Å². The van der Waals surface area contributed by atoms with E-state index in [1.165, 1.54) is 0 Å². The quantitative estimate of drug-likeness (QED) is 0.436. The molecular formula is C23H28N4O2S2. The Morgan fingerprint density at radius 1 is 1.06 bits per heavy atom. The number of rotatable bonds is 11. The number of carbonyl (C=O) groups is 2. The Balaban J connectivity index is 1.67. The van der Waals surface area contributed by atoms with Crippen molar-refractivity contribution >= 4 is 34.6 Å². The van der Waals surface area contributed by atoms with Gasteiger partial charge in [0, 0.05) is 28.7 Å². The molecule has 6 nitrogen and oxygen atoms in total. The van der Waals surface area contributed by atoms with Gasteiger partial charge >= 0.3 is 6.03 Å². The van der Waals surface area contributed by atoms with Gasteiger partial charge in [-0.05, 0) is 40.9 Å². The third-order valence-corrected chi connectivity index (χ3v) is 6.51. The fourth-order valence-electron chi connectivity index (χ4n) is 3.17. The van der Waals surface area contributed by atoms with Crippen LogP contribution in [0.1, 0.15) is 41.5 Å². The van der Waals surface area contributed by atoms with E-state index in [9.17, 15) is 9.59 Å². The minimum atomic E-state index is -0.561. The van der Waals surface area contributed by atoms with Crippen LogP contribution in [-0.4, -0.2) is 27.9 Å². The first-order valence-electron chi connectivity index (χ1n) is 10.4. The van der Waals surface area contributed by atoms with Crippen molar-refractivity contribution in [3.8, 4) is 0 Å². The van der Waals surface area contributed by atoms with Gasteiger partial charge in [-0.2, -0.15) is 0 Å². The molecule has 8 heteroatoms. The molecule has 164 valence electrons. The highest BCUT2D eigenvalue weighted by atomic mass is 32.1. The van der Waals surface area contributed by atoms with Gasteiger partial charge in [0.25, 0.3) is 0 Å². The number of nitrogens with zero attached hydrogens (tertiary/aromatic N) is 2. The average Bonchev–Trinajstić information content (AvgIpc) is 3.49. The standard InChI is InChI=1S/C23H28N4O2S2/c1-2-3-10-21(26-23(29)25-15-18-7-4-11-24-14-18)22(28)27(16-19-8-5-12-30-19)17-20-9-6-13-31-20/h4-9,11-14,21H,2-3,10,15-17H2,1H3,(H2,25,26,29). The Kier molecular flexibility index (Phi) is 9.05. The molecule has 3 rings (SSSR count). The van der Waals surface area contributed by atoms with Gasteiger partial charge in [0.2, 0.25) is 5.91 Å². The summed E-state index contributed by atoms with van der Waals surface area (Å²) in [5.74, 6) is -0.0493. The molecular weight excluding hydrogens is 428 g/mol. The molecule has 2 N–H and O–H groups in total. The van der Waals surface area contributed by atoms with E-state index in [1.807, 2.05) is 52.1 Å². The van der Waals surface area contributed by atoms with E-state index in [-0.39, 0.29) is 11.9 Å². The molecule has 0 spiro atoms. The smallest absolute Gasteiger partial charge is 0.315 e. The molecule has 0 aliphatic carbocycles. The second kappa shape index (κ2) is 12.2. The normalized spacial score (nSPS) is 11.6. The van der Waals surface area contributed by atoms with Crippen molar-refractivity contribution in [2.45, 2.75) is 51.9 Å². The lowest BCUT2D eigenvalue weighted by molar-refractivity contribution is -0.134. The zero-order valence-electron chi connectivity index (χ0n) is 17.6. The number of amides is 3. The number of hydrogen-bond donors (Lipinski definition) is 2. The Bertz CT molecular complexity index is 878. The van der Waals surface area contributed by atoms with Crippen LogP contribution in [0.5, 0.6) is 0 Å². The highest BCUT2D eigenvalue weighted by molar-refractivity contribution is 7.10. The lowest BCUT2D eigenvalue weighted by Crippen LogP contribution is -2.50. The third-order valence-electron chi connectivity index (χ3n) is 4.79.